The smallest absolute Gasteiger partial charge is 0.277 e. The number of oxazole rings is 1. The fraction of sp³-hybridized carbons (Fsp3) is 0.474. The van der Waals surface area contributed by atoms with E-state index in [-0.39, 0.29) is 16.8 Å². The normalized spacial score (nSPS) is 16.9. The zero-order chi connectivity index (χ0) is 20.1. The summed E-state index contributed by atoms with van der Waals surface area (Å²) in [4.78, 5) is 21.0. The lowest BCUT2D eigenvalue weighted by molar-refractivity contribution is 0.0658. The Morgan fingerprint density at radius 1 is 1.36 bits per heavy atom. The molecule has 1 amide bonds. The van der Waals surface area contributed by atoms with Crippen LogP contribution in [0.15, 0.2) is 28.9 Å². The Labute approximate surface area is 168 Å². The largest absolute Gasteiger partial charge is 0.447 e. The van der Waals surface area contributed by atoms with Gasteiger partial charge in [-0.05, 0) is 24.6 Å². The predicted molar refractivity (Wildman–Crippen MR) is 104 cm³/mol. The second kappa shape index (κ2) is 9.47. The lowest BCUT2D eigenvalue weighted by Gasteiger charge is -2.34. The van der Waals surface area contributed by atoms with Crippen LogP contribution < -0.4 is 5.32 Å². The van der Waals surface area contributed by atoms with Crippen molar-refractivity contribution in [3.63, 3.8) is 0 Å². The lowest BCUT2D eigenvalue weighted by atomic mass is 10.2. The molecule has 9 heteroatoms. The number of hydrogen-bond acceptors (Lipinski definition) is 6. The van der Waals surface area contributed by atoms with Gasteiger partial charge < -0.3 is 14.8 Å². The van der Waals surface area contributed by atoms with Crippen LogP contribution in [0.1, 0.15) is 29.7 Å². The van der Waals surface area contributed by atoms with E-state index in [0.29, 0.717) is 24.7 Å². The first-order valence-electron chi connectivity index (χ1n) is 9.28. The summed E-state index contributed by atoms with van der Waals surface area (Å²) in [5, 5.41) is 12.3. The molecule has 3 rings (SSSR count). The van der Waals surface area contributed by atoms with Gasteiger partial charge in [-0.1, -0.05) is 18.5 Å². The first-order valence-corrected chi connectivity index (χ1v) is 9.66. The number of rotatable bonds is 7. The van der Waals surface area contributed by atoms with Gasteiger partial charge in [0.25, 0.3) is 5.91 Å². The highest BCUT2D eigenvalue weighted by molar-refractivity contribution is 6.31. The van der Waals surface area contributed by atoms with Gasteiger partial charge >= 0.3 is 0 Å². The Morgan fingerprint density at radius 2 is 2.07 bits per heavy atom. The van der Waals surface area contributed by atoms with E-state index in [1.807, 2.05) is 6.92 Å². The van der Waals surface area contributed by atoms with Gasteiger partial charge in [-0.15, -0.1) is 0 Å². The van der Waals surface area contributed by atoms with Crippen molar-refractivity contribution < 1.29 is 18.7 Å². The van der Waals surface area contributed by atoms with Crippen LogP contribution in [0.3, 0.4) is 0 Å². The van der Waals surface area contributed by atoms with Crippen molar-refractivity contribution in [1.29, 1.82) is 0 Å². The molecule has 0 unspecified atom stereocenters. The van der Waals surface area contributed by atoms with Gasteiger partial charge in [0.15, 0.2) is 5.69 Å². The molecule has 152 valence electrons. The minimum atomic E-state index is -0.548. The van der Waals surface area contributed by atoms with E-state index in [0.717, 1.165) is 32.6 Å². The number of carbonyl (C=O) groups is 1. The monoisotopic (exact) mass is 410 g/mol. The van der Waals surface area contributed by atoms with E-state index >= 15 is 0 Å². The molecule has 1 aliphatic rings. The molecule has 7 nitrogen and oxygen atoms in total. The summed E-state index contributed by atoms with van der Waals surface area (Å²) in [5.74, 6) is -0.534. The molecule has 1 aliphatic heterocycles. The van der Waals surface area contributed by atoms with Gasteiger partial charge in [-0.3, -0.25) is 14.6 Å². The van der Waals surface area contributed by atoms with Crippen molar-refractivity contribution in [3.8, 4) is 0 Å². The molecular weight excluding hydrogens is 387 g/mol. The highest BCUT2D eigenvalue weighted by atomic mass is 35.5. The highest BCUT2D eigenvalue weighted by Gasteiger charge is 2.21. The third-order valence-electron chi connectivity index (χ3n) is 4.73. The maximum atomic E-state index is 13.2. The second-order valence-electron chi connectivity index (χ2n) is 6.85. The predicted octanol–water partition coefficient (Wildman–Crippen LogP) is 2.61. The molecule has 1 fully saturated rings. The molecule has 1 saturated heterocycles. The number of amides is 1. The number of β-amino-alcohol motifs (C(OH)–C–C–N with tert-alkyl or cyclic N) is 1. The number of anilines is 1. The molecule has 2 heterocycles. The average Bonchev–Trinajstić information content (AvgIpc) is 3.15. The van der Waals surface area contributed by atoms with E-state index in [4.69, 9.17) is 16.0 Å². The average molecular weight is 411 g/mol. The van der Waals surface area contributed by atoms with Gasteiger partial charge in [0.05, 0.1) is 17.7 Å². The molecule has 1 aromatic carbocycles. The first-order chi connectivity index (χ1) is 13.4. The number of piperazine rings is 1. The fourth-order valence-electron chi connectivity index (χ4n) is 3.01. The van der Waals surface area contributed by atoms with Crippen LogP contribution in [-0.4, -0.2) is 64.6 Å². The summed E-state index contributed by atoms with van der Waals surface area (Å²) in [7, 11) is 0. The fourth-order valence-corrected chi connectivity index (χ4v) is 3.19. The lowest BCUT2D eigenvalue weighted by Crippen LogP contribution is -2.48. The number of aliphatic hydroxyl groups excluding tert-OH is 1. The highest BCUT2D eigenvalue weighted by Crippen LogP contribution is 2.20. The number of aromatic nitrogens is 1. The second-order valence-corrected chi connectivity index (χ2v) is 7.26. The van der Waals surface area contributed by atoms with Crippen LogP contribution in [0.25, 0.3) is 0 Å². The molecule has 0 aliphatic carbocycles. The van der Waals surface area contributed by atoms with Gasteiger partial charge in [0.1, 0.15) is 12.1 Å². The molecule has 1 atom stereocenters. The minimum Gasteiger partial charge on any atom is -0.447 e. The van der Waals surface area contributed by atoms with Crippen molar-refractivity contribution in [3.05, 3.63) is 46.9 Å². The molecule has 2 N–H and O–H groups in total. The Bertz CT molecular complexity index is 808. The number of benzene rings is 1. The summed E-state index contributed by atoms with van der Waals surface area (Å²) in [5.41, 5.74) is 0.534. The molecule has 0 bridgehead atoms. The molecular formula is C19H24ClFN4O3. The Kier molecular flexibility index (Phi) is 7.01. The number of carbonyl (C=O) groups excluding carboxylic acids is 1. The maximum absolute atomic E-state index is 13.2. The van der Waals surface area contributed by atoms with Gasteiger partial charge in [-0.25, -0.2) is 9.37 Å². The standard InChI is InChI=1S/C19H24ClFN4O3/c1-2-14(26)10-24-5-7-25(8-6-24)11-18-23-17(12-28-18)19(27)22-13-3-4-16(21)15(20)9-13/h3-4,9,12,14,26H,2,5-8,10-11H2,1H3,(H,22,27)/t14-/m0/s1. The van der Waals surface area contributed by atoms with Crippen LogP contribution >= 0.6 is 11.6 Å². The van der Waals surface area contributed by atoms with Crippen molar-refractivity contribution in [1.82, 2.24) is 14.8 Å². The Morgan fingerprint density at radius 3 is 2.75 bits per heavy atom. The summed E-state index contributed by atoms with van der Waals surface area (Å²) in [6.45, 7) is 6.61. The summed E-state index contributed by atoms with van der Waals surface area (Å²) < 4.78 is 18.6. The van der Waals surface area contributed by atoms with E-state index in [9.17, 15) is 14.3 Å². The quantitative estimate of drug-likeness (QED) is 0.730. The van der Waals surface area contributed by atoms with Gasteiger partial charge in [0, 0.05) is 38.4 Å². The van der Waals surface area contributed by atoms with E-state index < -0.39 is 11.7 Å². The van der Waals surface area contributed by atoms with E-state index in [1.54, 1.807) is 0 Å². The van der Waals surface area contributed by atoms with Gasteiger partial charge in [0.2, 0.25) is 5.89 Å². The van der Waals surface area contributed by atoms with Crippen molar-refractivity contribution in [2.75, 3.05) is 38.0 Å². The number of nitrogens with zero attached hydrogens (tertiary/aromatic N) is 3. The van der Waals surface area contributed by atoms with Crippen LogP contribution in [0.2, 0.25) is 5.02 Å². The van der Waals surface area contributed by atoms with Crippen LogP contribution in [0.5, 0.6) is 0 Å². The van der Waals surface area contributed by atoms with Crippen molar-refractivity contribution >= 4 is 23.2 Å². The zero-order valence-corrected chi connectivity index (χ0v) is 16.5. The molecule has 0 saturated carbocycles. The van der Waals surface area contributed by atoms with Crippen molar-refractivity contribution in [2.45, 2.75) is 26.0 Å². The summed E-state index contributed by atoms with van der Waals surface area (Å²) in [6, 6.07) is 3.95. The number of nitrogens with one attached hydrogen (secondary N) is 1. The molecule has 2 aromatic rings. The van der Waals surface area contributed by atoms with Gasteiger partial charge in [-0.2, -0.15) is 0 Å². The van der Waals surface area contributed by atoms with Crippen LogP contribution in [-0.2, 0) is 6.54 Å². The minimum absolute atomic E-state index is 0.0655. The van der Waals surface area contributed by atoms with Crippen LogP contribution in [0, 0.1) is 5.82 Å². The Balaban J connectivity index is 1.50. The topological polar surface area (TPSA) is 81.8 Å². The van der Waals surface area contributed by atoms with Crippen LogP contribution in [0.4, 0.5) is 10.1 Å². The number of halogens is 2. The molecule has 1 aromatic heterocycles. The van der Waals surface area contributed by atoms with E-state index in [2.05, 4.69) is 20.1 Å². The third-order valence-corrected chi connectivity index (χ3v) is 5.02. The summed E-state index contributed by atoms with van der Waals surface area (Å²) in [6.07, 6.45) is 1.78. The zero-order valence-electron chi connectivity index (χ0n) is 15.7. The molecule has 0 spiro atoms. The SMILES string of the molecule is CC[C@H](O)CN1CCN(Cc2nc(C(=O)Nc3ccc(F)c(Cl)c3)co2)CC1. The maximum Gasteiger partial charge on any atom is 0.277 e. The first kappa shape index (κ1) is 20.7. The third kappa shape index (κ3) is 5.51. The van der Waals surface area contributed by atoms with Crippen molar-refractivity contribution in [2.24, 2.45) is 0 Å². The number of aliphatic hydroxyl groups is 1. The Hall–Kier alpha value is -2.00. The van der Waals surface area contributed by atoms with E-state index in [1.165, 1.54) is 24.5 Å². The molecule has 0 radical (unpaired) electrons. The summed E-state index contributed by atoms with van der Waals surface area (Å²) >= 11 is 5.72. The molecule has 28 heavy (non-hydrogen) atoms. The number of hydrogen-bond donors (Lipinski definition) is 2.